The maximum atomic E-state index is 13.2. The molecule has 5 nitrogen and oxygen atoms in total. The first kappa shape index (κ1) is 11.0. The quantitative estimate of drug-likeness (QED) is 0.557. The van der Waals surface area contributed by atoms with Crippen molar-refractivity contribution in [2.75, 3.05) is 0 Å². The normalized spacial score (nSPS) is 9.40. The third kappa shape index (κ3) is 2.94. The highest BCUT2D eigenvalue weighted by molar-refractivity contribution is 5.73. The Morgan fingerprint density at radius 3 is 2.73 bits per heavy atom. The lowest BCUT2D eigenvalue weighted by Gasteiger charge is -2.18. The third-order valence-electron chi connectivity index (χ3n) is 1.76. The van der Waals surface area contributed by atoms with E-state index in [1.54, 1.807) is 6.07 Å². The van der Waals surface area contributed by atoms with Gasteiger partial charge in [-0.25, -0.2) is 14.2 Å². The molecular formula is C9H10FN3O2. The minimum Gasteiger partial charge on any atom is -0.350 e. The van der Waals surface area contributed by atoms with Crippen molar-refractivity contribution in [3.05, 3.63) is 35.6 Å². The Balaban J connectivity index is 2.78. The molecule has 15 heavy (non-hydrogen) atoms. The molecule has 80 valence electrons. The highest BCUT2D eigenvalue weighted by Gasteiger charge is 2.11. The molecule has 0 aromatic heterocycles. The number of hydrogen-bond acceptors (Lipinski definition) is 2. The number of halogens is 1. The van der Waals surface area contributed by atoms with Gasteiger partial charge in [0.1, 0.15) is 5.82 Å². The number of nitrogens with one attached hydrogen (secondary N) is 1. The molecule has 0 fully saturated rings. The molecule has 0 heterocycles. The van der Waals surface area contributed by atoms with Crippen LogP contribution in [0.4, 0.5) is 9.18 Å². The number of hydrazine groups is 1. The van der Waals surface area contributed by atoms with E-state index in [0.29, 0.717) is 6.41 Å². The van der Waals surface area contributed by atoms with E-state index < -0.39 is 11.8 Å². The van der Waals surface area contributed by atoms with E-state index >= 15 is 0 Å². The summed E-state index contributed by atoms with van der Waals surface area (Å²) >= 11 is 0. The van der Waals surface area contributed by atoms with Crippen LogP contribution in [0.25, 0.3) is 0 Å². The number of amides is 3. The fourth-order valence-electron chi connectivity index (χ4n) is 1.05. The van der Waals surface area contributed by atoms with Crippen molar-refractivity contribution in [2.24, 2.45) is 5.73 Å². The van der Waals surface area contributed by atoms with Gasteiger partial charge in [0.25, 0.3) is 0 Å². The molecule has 0 atom stereocenters. The van der Waals surface area contributed by atoms with E-state index in [4.69, 9.17) is 5.73 Å². The molecule has 1 rings (SSSR count). The summed E-state index contributed by atoms with van der Waals surface area (Å²) in [5, 5.41) is 0.811. The summed E-state index contributed by atoms with van der Waals surface area (Å²) in [7, 11) is 0. The first-order valence-electron chi connectivity index (χ1n) is 4.15. The number of rotatable bonds is 4. The number of hydrogen-bond donors (Lipinski definition) is 2. The van der Waals surface area contributed by atoms with Gasteiger partial charge in [0, 0.05) is 5.56 Å². The van der Waals surface area contributed by atoms with Crippen LogP contribution in [-0.4, -0.2) is 17.5 Å². The Hall–Kier alpha value is -2.11. The maximum absolute atomic E-state index is 13.2. The monoisotopic (exact) mass is 211 g/mol. The van der Waals surface area contributed by atoms with Gasteiger partial charge in [-0.2, -0.15) is 0 Å². The standard InChI is InChI=1S/C9H10FN3O2/c10-8-4-2-1-3-7(8)5-13(9(11)15)12-6-14/h1-4,6H,5H2,(H2,11,15)(H,12,14). The molecule has 1 aromatic carbocycles. The number of carbonyl (C=O) groups excluding carboxylic acids is 2. The Morgan fingerprint density at radius 1 is 1.53 bits per heavy atom. The molecule has 0 unspecified atom stereocenters. The predicted molar refractivity (Wildman–Crippen MR) is 50.7 cm³/mol. The van der Waals surface area contributed by atoms with E-state index in [1.165, 1.54) is 18.2 Å². The van der Waals surface area contributed by atoms with Crippen molar-refractivity contribution in [3.63, 3.8) is 0 Å². The molecule has 0 aliphatic rings. The Labute approximate surface area is 85.6 Å². The number of urea groups is 1. The van der Waals surface area contributed by atoms with E-state index in [2.05, 4.69) is 5.43 Å². The number of benzene rings is 1. The van der Waals surface area contributed by atoms with Gasteiger partial charge in [-0.3, -0.25) is 10.2 Å². The number of primary amides is 1. The highest BCUT2D eigenvalue weighted by Crippen LogP contribution is 2.08. The van der Waals surface area contributed by atoms with Crippen LogP contribution in [0.15, 0.2) is 24.3 Å². The van der Waals surface area contributed by atoms with Crippen LogP contribution in [-0.2, 0) is 11.3 Å². The fraction of sp³-hybridized carbons (Fsp3) is 0.111. The second-order valence-corrected chi connectivity index (χ2v) is 2.76. The van der Waals surface area contributed by atoms with E-state index in [1.807, 2.05) is 0 Å². The van der Waals surface area contributed by atoms with Gasteiger partial charge in [-0.05, 0) is 6.07 Å². The minimum absolute atomic E-state index is 0.110. The van der Waals surface area contributed by atoms with Crippen molar-refractivity contribution in [1.82, 2.24) is 10.4 Å². The van der Waals surface area contributed by atoms with Crippen LogP contribution in [0.2, 0.25) is 0 Å². The summed E-state index contributed by atoms with van der Waals surface area (Å²) in [4.78, 5) is 20.9. The average Bonchev–Trinajstić information content (AvgIpc) is 2.20. The van der Waals surface area contributed by atoms with Crippen LogP contribution < -0.4 is 11.2 Å². The van der Waals surface area contributed by atoms with Gasteiger partial charge in [-0.1, -0.05) is 18.2 Å². The summed E-state index contributed by atoms with van der Waals surface area (Å²) < 4.78 is 13.2. The lowest BCUT2D eigenvalue weighted by Crippen LogP contribution is -2.44. The zero-order valence-electron chi connectivity index (χ0n) is 7.81. The van der Waals surface area contributed by atoms with Crippen LogP contribution in [0.3, 0.4) is 0 Å². The van der Waals surface area contributed by atoms with Crippen LogP contribution in [0.1, 0.15) is 5.56 Å². The van der Waals surface area contributed by atoms with E-state index in [0.717, 1.165) is 5.01 Å². The Bertz CT molecular complexity index is 370. The SMILES string of the molecule is NC(=O)N(Cc1ccccc1F)NC=O. The third-order valence-corrected chi connectivity index (χ3v) is 1.76. The smallest absolute Gasteiger partial charge is 0.333 e. The van der Waals surface area contributed by atoms with Crippen LogP contribution >= 0.6 is 0 Å². The molecule has 0 aliphatic carbocycles. The molecule has 0 bridgehead atoms. The van der Waals surface area contributed by atoms with Crippen molar-refractivity contribution in [1.29, 1.82) is 0 Å². The van der Waals surface area contributed by atoms with Crippen molar-refractivity contribution in [2.45, 2.75) is 6.54 Å². The van der Waals surface area contributed by atoms with Gasteiger partial charge in [-0.15, -0.1) is 0 Å². The van der Waals surface area contributed by atoms with Gasteiger partial charge in [0.15, 0.2) is 0 Å². The number of nitrogens with two attached hydrogens (primary N) is 1. The lowest BCUT2D eigenvalue weighted by molar-refractivity contribution is -0.112. The van der Waals surface area contributed by atoms with Gasteiger partial charge in [0.05, 0.1) is 6.54 Å². The first-order chi connectivity index (χ1) is 7.15. The maximum Gasteiger partial charge on any atom is 0.333 e. The summed E-state index contributed by atoms with van der Waals surface area (Å²) in [6, 6.07) is 5.05. The predicted octanol–water partition coefficient (Wildman–Crippen LogP) is 0.367. The minimum atomic E-state index is -0.856. The van der Waals surface area contributed by atoms with Crippen molar-refractivity contribution in [3.8, 4) is 0 Å². The van der Waals surface area contributed by atoms with Gasteiger partial charge >= 0.3 is 6.03 Å². The Kier molecular flexibility index (Phi) is 3.61. The second kappa shape index (κ2) is 4.94. The topological polar surface area (TPSA) is 75.4 Å². The molecule has 0 spiro atoms. The molecule has 6 heteroatoms. The molecule has 3 amide bonds. The molecule has 3 N–H and O–H groups in total. The molecule has 0 saturated carbocycles. The zero-order valence-corrected chi connectivity index (χ0v) is 7.81. The first-order valence-corrected chi connectivity index (χ1v) is 4.15. The molecule has 0 radical (unpaired) electrons. The van der Waals surface area contributed by atoms with Crippen molar-refractivity contribution < 1.29 is 14.0 Å². The molecule has 0 aliphatic heterocycles. The molecular weight excluding hydrogens is 201 g/mol. The second-order valence-electron chi connectivity index (χ2n) is 2.76. The molecule has 1 aromatic rings. The number of nitrogens with zero attached hydrogens (tertiary/aromatic N) is 1. The summed E-state index contributed by atoms with van der Waals surface area (Å²) in [6.45, 7) is -0.110. The number of carbonyl (C=O) groups is 2. The van der Waals surface area contributed by atoms with Gasteiger partial charge in [0.2, 0.25) is 6.41 Å². The van der Waals surface area contributed by atoms with Crippen LogP contribution in [0, 0.1) is 5.82 Å². The highest BCUT2D eigenvalue weighted by atomic mass is 19.1. The summed E-state index contributed by atoms with van der Waals surface area (Å²) in [5.41, 5.74) is 7.30. The average molecular weight is 211 g/mol. The Morgan fingerprint density at radius 2 is 2.20 bits per heavy atom. The largest absolute Gasteiger partial charge is 0.350 e. The fourth-order valence-corrected chi connectivity index (χ4v) is 1.05. The summed E-state index contributed by atoms with van der Waals surface area (Å²) in [5.74, 6) is -0.462. The van der Waals surface area contributed by atoms with E-state index in [-0.39, 0.29) is 12.1 Å². The lowest BCUT2D eigenvalue weighted by atomic mass is 10.2. The molecule has 0 saturated heterocycles. The van der Waals surface area contributed by atoms with Gasteiger partial charge < -0.3 is 5.73 Å². The van der Waals surface area contributed by atoms with E-state index in [9.17, 15) is 14.0 Å². The summed E-state index contributed by atoms with van der Waals surface area (Å²) in [6.07, 6.45) is 0.297. The van der Waals surface area contributed by atoms with Crippen molar-refractivity contribution >= 4 is 12.4 Å². The van der Waals surface area contributed by atoms with Crippen LogP contribution in [0.5, 0.6) is 0 Å². The zero-order chi connectivity index (χ0) is 11.3.